The highest BCUT2D eigenvalue weighted by molar-refractivity contribution is 5.13. The van der Waals surface area contributed by atoms with E-state index in [1.165, 1.54) is 0 Å². The summed E-state index contributed by atoms with van der Waals surface area (Å²) in [5, 5.41) is 0. The summed E-state index contributed by atoms with van der Waals surface area (Å²) in [7, 11) is 0. The fraction of sp³-hybridized carbons (Fsp3) is 0.538. The van der Waals surface area contributed by atoms with E-state index in [4.69, 9.17) is 4.74 Å². The van der Waals surface area contributed by atoms with Crippen LogP contribution in [0.5, 0.6) is 0 Å². The maximum atomic E-state index is 5.78. The van der Waals surface area contributed by atoms with Crippen LogP contribution < -0.4 is 0 Å². The smallest absolute Gasteiger partial charge is 0.125 e. The van der Waals surface area contributed by atoms with Gasteiger partial charge < -0.3 is 4.74 Å². The third-order valence-electron chi connectivity index (χ3n) is 2.85. The van der Waals surface area contributed by atoms with Crippen molar-refractivity contribution in [2.75, 3.05) is 26.2 Å². The average molecular weight is 233 g/mol. The molecular formula is C13H19N3O. The highest BCUT2D eigenvalue weighted by Gasteiger charge is 2.22. The fourth-order valence-electron chi connectivity index (χ4n) is 2.14. The Morgan fingerprint density at radius 3 is 3.06 bits per heavy atom. The molecule has 2 heterocycles. The highest BCUT2D eigenvalue weighted by Crippen LogP contribution is 2.20. The first-order valence-electron chi connectivity index (χ1n) is 5.96. The Balaban J connectivity index is 2.12. The third-order valence-corrected chi connectivity index (χ3v) is 2.85. The van der Waals surface area contributed by atoms with Crippen molar-refractivity contribution < 1.29 is 4.74 Å². The van der Waals surface area contributed by atoms with Gasteiger partial charge in [-0.05, 0) is 19.9 Å². The van der Waals surface area contributed by atoms with E-state index in [1.807, 2.05) is 26.0 Å². The van der Waals surface area contributed by atoms with Crippen molar-refractivity contribution in [1.29, 1.82) is 0 Å². The number of morpholine rings is 1. The second kappa shape index (κ2) is 5.38. The van der Waals surface area contributed by atoms with E-state index in [0.29, 0.717) is 0 Å². The molecule has 1 aromatic rings. The maximum Gasteiger partial charge on any atom is 0.125 e. The van der Waals surface area contributed by atoms with Gasteiger partial charge in [0.1, 0.15) is 11.9 Å². The SMILES string of the molecule is C=CCN1CCO[C@H](c2cc(C)nc(C)n2)C1. The molecule has 0 N–H and O–H groups in total. The lowest BCUT2D eigenvalue weighted by molar-refractivity contribution is -0.0283. The van der Waals surface area contributed by atoms with Gasteiger partial charge in [0.2, 0.25) is 0 Å². The molecule has 2 rings (SSSR count). The molecule has 0 aliphatic carbocycles. The van der Waals surface area contributed by atoms with Gasteiger partial charge in [0.25, 0.3) is 0 Å². The number of aryl methyl sites for hydroxylation is 2. The summed E-state index contributed by atoms with van der Waals surface area (Å²) in [6.07, 6.45) is 1.99. The molecule has 0 spiro atoms. The number of aromatic nitrogens is 2. The minimum absolute atomic E-state index is 0.0594. The minimum Gasteiger partial charge on any atom is -0.369 e. The Morgan fingerprint density at radius 1 is 1.53 bits per heavy atom. The first kappa shape index (κ1) is 12.2. The number of hydrogen-bond acceptors (Lipinski definition) is 4. The Labute approximate surface area is 102 Å². The van der Waals surface area contributed by atoms with E-state index in [1.54, 1.807) is 0 Å². The molecule has 0 unspecified atom stereocenters. The van der Waals surface area contributed by atoms with Gasteiger partial charge in [0.05, 0.1) is 12.3 Å². The summed E-state index contributed by atoms with van der Waals surface area (Å²) in [6, 6.07) is 2.01. The molecule has 0 aromatic carbocycles. The number of hydrogen-bond donors (Lipinski definition) is 0. The lowest BCUT2D eigenvalue weighted by atomic mass is 10.2. The van der Waals surface area contributed by atoms with Crippen molar-refractivity contribution in [3.8, 4) is 0 Å². The van der Waals surface area contributed by atoms with Crippen LogP contribution in [0.2, 0.25) is 0 Å². The van der Waals surface area contributed by atoms with Gasteiger partial charge in [0, 0.05) is 25.3 Å². The van der Waals surface area contributed by atoms with Crippen LogP contribution in [0.25, 0.3) is 0 Å². The Bertz CT molecular complexity index is 385. The van der Waals surface area contributed by atoms with Crippen LogP contribution in [0.1, 0.15) is 23.3 Å². The van der Waals surface area contributed by atoms with Gasteiger partial charge >= 0.3 is 0 Å². The average Bonchev–Trinajstić information content (AvgIpc) is 2.28. The van der Waals surface area contributed by atoms with Crippen LogP contribution in [-0.2, 0) is 4.74 Å². The second-order valence-electron chi connectivity index (χ2n) is 4.39. The van der Waals surface area contributed by atoms with E-state index < -0.39 is 0 Å². The molecule has 17 heavy (non-hydrogen) atoms. The van der Waals surface area contributed by atoms with Gasteiger partial charge in [-0.2, -0.15) is 0 Å². The van der Waals surface area contributed by atoms with E-state index in [-0.39, 0.29) is 6.10 Å². The van der Waals surface area contributed by atoms with Crippen molar-refractivity contribution in [2.45, 2.75) is 20.0 Å². The summed E-state index contributed by atoms with van der Waals surface area (Å²) in [5.41, 5.74) is 1.99. The van der Waals surface area contributed by atoms with Crippen molar-refractivity contribution in [3.05, 3.63) is 35.9 Å². The third kappa shape index (κ3) is 3.11. The second-order valence-corrected chi connectivity index (χ2v) is 4.39. The summed E-state index contributed by atoms with van der Waals surface area (Å²) >= 11 is 0. The highest BCUT2D eigenvalue weighted by atomic mass is 16.5. The van der Waals surface area contributed by atoms with Crippen LogP contribution in [0.3, 0.4) is 0 Å². The zero-order valence-electron chi connectivity index (χ0n) is 10.5. The number of rotatable bonds is 3. The molecule has 1 saturated heterocycles. The first-order valence-corrected chi connectivity index (χ1v) is 5.96. The summed E-state index contributed by atoms with van der Waals surface area (Å²) in [5.74, 6) is 0.810. The summed E-state index contributed by atoms with van der Waals surface area (Å²) < 4.78 is 5.78. The zero-order chi connectivity index (χ0) is 12.3. The van der Waals surface area contributed by atoms with Crippen LogP contribution in [0.4, 0.5) is 0 Å². The Morgan fingerprint density at radius 2 is 2.35 bits per heavy atom. The quantitative estimate of drug-likeness (QED) is 0.744. The lowest BCUT2D eigenvalue weighted by Crippen LogP contribution is -2.38. The van der Waals surface area contributed by atoms with Crippen molar-refractivity contribution >= 4 is 0 Å². The van der Waals surface area contributed by atoms with Crippen LogP contribution in [-0.4, -0.2) is 41.1 Å². The molecule has 1 aliphatic heterocycles. The van der Waals surface area contributed by atoms with E-state index in [9.17, 15) is 0 Å². The first-order chi connectivity index (χ1) is 8.19. The van der Waals surface area contributed by atoms with Gasteiger partial charge in [0.15, 0.2) is 0 Å². The molecular weight excluding hydrogens is 214 g/mol. The summed E-state index contributed by atoms with van der Waals surface area (Å²) in [6.45, 7) is 11.2. The molecule has 92 valence electrons. The molecule has 0 radical (unpaired) electrons. The monoisotopic (exact) mass is 233 g/mol. The number of nitrogens with zero attached hydrogens (tertiary/aromatic N) is 3. The van der Waals surface area contributed by atoms with Crippen molar-refractivity contribution in [3.63, 3.8) is 0 Å². The van der Waals surface area contributed by atoms with Crippen LogP contribution >= 0.6 is 0 Å². The van der Waals surface area contributed by atoms with Crippen molar-refractivity contribution in [2.24, 2.45) is 0 Å². The molecule has 1 atom stereocenters. The Hall–Kier alpha value is -1.26. The van der Waals surface area contributed by atoms with Gasteiger partial charge in [-0.1, -0.05) is 6.08 Å². The molecule has 0 saturated carbocycles. The van der Waals surface area contributed by atoms with Gasteiger partial charge in [-0.15, -0.1) is 6.58 Å². The van der Waals surface area contributed by atoms with Crippen LogP contribution in [0, 0.1) is 13.8 Å². The standard InChI is InChI=1S/C13H19N3O/c1-4-5-16-6-7-17-13(9-16)12-8-10(2)14-11(3)15-12/h4,8,13H,1,5-7,9H2,2-3H3/t13-/m0/s1. The van der Waals surface area contributed by atoms with E-state index in [0.717, 1.165) is 43.5 Å². The molecule has 0 amide bonds. The predicted octanol–water partition coefficient (Wildman–Crippen LogP) is 1.65. The van der Waals surface area contributed by atoms with Gasteiger partial charge in [-0.3, -0.25) is 4.90 Å². The van der Waals surface area contributed by atoms with Crippen molar-refractivity contribution in [1.82, 2.24) is 14.9 Å². The normalized spacial score (nSPS) is 21.4. The molecule has 1 fully saturated rings. The molecule has 1 aliphatic rings. The lowest BCUT2D eigenvalue weighted by Gasteiger charge is -2.31. The van der Waals surface area contributed by atoms with Gasteiger partial charge in [-0.25, -0.2) is 9.97 Å². The fourth-order valence-corrected chi connectivity index (χ4v) is 2.14. The Kier molecular flexibility index (Phi) is 3.86. The summed E-state index contributed by atoms with van der Waals surface area (Å²) in [4.78, 5) is 11.1. The minimum atomic E-state index is 0.0594. The van der Waals surface area contributed by atoms with E-state index in [2.05, 4.69) is 21.4 Å². The van der Waals surface area contributed by atoms with Crippen LogP contribution in [0.15, 0.2) is 18.7 Å². The largest absolute Gasteiger partial charge is 0.369 e. The molecule has 4 nitrogen and oxygen atoms in total. The molecule has 4 heteroatoms. The molecule has 0 bridgehead atoms. The topological polar surface area (TPSA) is 38.2 Å². The predicted molar refractivity (Wildman–Crippen MR) is 66.8 cm³/mol. The molecule has 1 aromatic heterocycles. The van der Waals surface area contributed by atoms with E-state index >= 15 is 0 Å². The number of ether oxygens (including phenoxy) is 1. The maximum absolute atomic E-state index is 5.78. The zero-order valence-corrected chi connectivity index (χ0v) is 10.5.